The monoisotopic (exact) mass is 149 g/mol. The Labute approximate surface area is 63.0 Å². The van der Waals surface area contributed by atoms with Gasteiger partial charge in [-0.1, -0.05) is 13.8 Å². The van der Waals surface area contributed by atoms with Crippen molar-refractivity contribution in [3.63, 3.8) is 0 Å². The summed E-state index contributed by atoms with van der Waals surface area (Å²) in [6.45, 7) is 4.38. The third kappa shape index (κ3) is 3.07. The summed E-state index contributed by atoms with van der Waals surface area (Å²) < 4.78 is 0. The van der Waals surface area contributed by atoms with Crippen molar-refractivity contribution in [2.24, 2.45) is 5.92 Å². The number of hydrogen-bond donors (Lipinski definition) is 0. The first-order valence-corrected chi connectivity index (χ1v) is 3.85. The van der Waals surface area contributed by atoms with Crippen molar-refractivity contribution < 1.29 is 0 Å². The normalized spacial score (nSPS) is 15.0. The first kappa shape index (κ1) is 9.25. The van der Waals surface area contributed by atoms with E-state index in [1.165, 1.54) is 0 Å². The molecule has 0 aromatic rings. The van der Waals surface area contributed by atoms with E-state index >= 15 is 0 Å². The minimum atomic E-state index is 0.520. The quantitative estimate of drug-likeness (QED) is 0.554. The standard InChI is InChI=1S/C7H16ClN/c1-6(2)7(5-8)9(3)4/h6-7H,5H2,1-4H3. The summed E-state index contributed by atoms with van der Waals surface area (Å²) in [7, 11) is 4.13. The van der Waals surface area contributed by atoms with Gasteiger partial charge in [-0.3, -0.25) is 0 Å². The Balaban J connectivity index is 3.68. The molecule has 0 aliphatic rings. The molecule has 0 radical (unpaired) electrons. The Morgan fingerprint density at radius 2 is 1.78 bits per heavy atom. The highest BCUT2D eigenvalue weighted by atomic mass is 35.5. The average molecular weight is 150 g/mol. The van der Waals surface area contributed by atoms with Crippen molar-refractivity contribution in [2.75, 3.05) is 20.0 Å². The number of rotatable bonds is 3. The van der Waals surface area contributed by atoms with E-state index in [1.54, 1.807) is 0 Å². The summed E-state index contributed by atoms with van der Waals surface area (Å²) in [6.07, 6.45) is 0. The molecule has 0 N–H and O–H groups in total. The molecule has 56 valence electrons. The van der Waals surface area contributed by atoms with Crippen LogP contribution in [0.5, 0.6) is 0 Å². The van der Waals surface area contributed by atoms with Crippen LogP contribution in [0.15, 0.2) is 0 Å². The lowest BCUT2D eigenvalue weighted by Crippen LogP contribution is -2.34. The van der Waals surface area contributed by atoms with Gasteiger partial charge >= 0.3 is 0 Å². The lowest BCUT2D eigenvalue weighted by atomic mass is 10.1. The van der Waals surface area contributed by atoms with Crippen LogP contribution in [0.1, 0.15) is 13.8 Å². The van der Waals surface area contributed by atoms with Gasteiger partial charge in [-0.05, 0) is 20.0 Å². The highest BCUT2D eigenvalue weighted by Gasteiger charge is 2.12. The van der Waals surface area contributed by atoms with E-state index < -0.39 is 0 Å². The summed E-state index contributed by atoms with van der Waals surface area (Å²) in [4.78, 5) is 2.16. The minimum absolute atomic E-state index is 0.520. The third-order valence-corrected chi connectivity index (χ3v) is 1.91. The summed E-state index contributed by atoms with van der Waals surface area (Å²) in [5, 5.41) is 0. The van der Waals surface area contributed by atoms with Crippen LogP contribution in [0.25, 0.3) is 0 Å². The van der Waals surface area contributed by atoms with Crippen LogP contribution in [0, 0.1) is 5.92 Å². The van der Waals surface area contributed by atoms with Crippen molar-refractivity contribution in [1.82, 2.24) is 4.90 Å². The molecule has 0 aromatic carbocycles. The minimum Gasteiger partial charge on any atom is -0.305 e. The molecule has 0 saturated heterocycles. The maximum atomic E-state index is 5.72. The Morgan fingerprint density at radius 1 is 1.33 bits per heavy atom. The summed E-state index contributed by atoms with van der Waals surface area (Å²) >= 11 is 5.72. The molecular weight excluding hydrogens is 134 g/mol. The molecule has 0 saturated carbocycles. The van der Waals surface area contributed by atoms with E-state index in [2.05, 4.69) is 32.8 Å². The second-order valence-corrected chi connectivity index (χ2v) is 3.24. The average Bonchev–Trinajstić information content (AvgIpc) is 1.64. The van der Waals surface area contributed by atoms with Gasteiger partial charge in [0.05, 0.1) is 0 Å². The van der Waals surface area contributed by atoms with E-state index in [4.69, 9.17) is 11.6 Å². The zero-order chi connectivity index (χ0) is 7.44. The van der Waals surface area contributed by atoms with Crippen LogP contribution in [0.4, 0.5) is 0 Å². The zero-order valence-electron chi connectivity index (χ0n) is 6.69. The van der Waals surface area contributed by atoms with Gasteiger partial charge < -0.3 is 4.90 Å². The molecule has 1 unspecified atom stereocenters. The van der Waals surface area contributed by atoms with Crippen LogP contribution < -0.4 is 0 Å². The SMILES string of the molecule is CC(C)C(CCl)N(C)C. The van der Waals surface area contributed by atoms with Crippen LogP contribution in [0.3, 0.4) is 0 Å². The fourth-order valence-electron chi connectivity index (χ4n) is 0.912. The van der Waals surface area contributed by atoms with Gasteiger partial charge in [0.25, 0.3) is 0 Å². The molecule has 0 fully saturated rings. The topological polar surface area (TPSA) is 3.24 Å². The Hall–Kier alpha value is 0.250. The fraction of sp³-hybridized carbons (Fsp3) is 1.00. The van der Waals surface area contributed by atoms with E-state index in [-0.39, 0.29) is 0 Å². The number of hydrogen-bond acceptors (Lipinski definition) is 1. The van der Waals surface area contributed by atoms with E-state index in [0.29, 0.717) is 12.0 Å². The number of alkyl halides is 1. The van der Waals surface area contributed by atoms with Gasteiger partial charge in [-0.25, -0.2) is 0 Å². The van der Waals surface area contributed by atoms with E-state index in [0.717, 1.165) is 5.88 Å². The lowest BCUT2D eigenvalue weighted by molar-refractivity contribution is 0.254. The fourth-order valence-corrected chi connectivity index (χ4v) is 1.54. The van der Waals surface area contributed by atoms with Crippen molar-refractivity contribution >= 4 is 11.6 Å². The molecule has 1 nitrogen and oxygen atoms in total. The molecule has 9 heavy (non-hydrogen) atoms. The Bertz CT molecular complexity index is 63.3. The molecule has 0 aliphatic carbocycles. The number of nitrogens with zero attached hydrogens (tertiary/aromatic N) is 1. The molecule has 0 bridgehead atoms. The van der Waals surface area contributed by atoms with Gasteiger partial charge in [0.1, 0.15) is 0 Å². The Morgan fingerprint density at radius 3 is 1.78 bits per heavy atom. The van der Waals surface area contributed by atoms with Gasteiger partial charge in [0.15, 0.2) is 0 Å². The molecule has 0 aliphatic heterocycles. The largest absolute Gasteiger partial charge is 0.305 e. The highest BCUT2D eigenvalue weighted by molar-refractivity contribution is 6.18. The molecular formula is C7H16ClN. The van der Waals surface area contributed by atoms with Crippen LogP contribution in [-0.4, -0.2) is 30.9 Å². The second-order valence-electron chi connectivity index (χ2n) is 2.93. The maximum Gasteiger partial charge on any atom is 0.0381 e. The Kier molecular flexibility index (Phi) is 4.24. The van der Waals surface area contributed by atoms with Crippen LogP contribution in [0.2, 0.25) is 0 Å². The highest BCUT2D eigenvalue weighted by Crippen LogP contribution is 2.08. The summed E-state index contributed by atoms with van der Waals surface area (Å²) in [5.41, 5.74) is 0. The van der Waals surface area contributed by atoms with Crippen molar-refractivity contribution in [3.8, 4) is 0 Å². The molecule has 0 aromatic heterocycles. The van der Waals surface area contributed by atoms with E-state index in [9.17, 15) is 0 Å². The maximum absolute atomic E-state index is 5.72. The molecule has 0 heterocycles. The van der Waals surface area contributed by atoms with Gasteiger partial charge in [-0.15, -0.1) is 11.6 Å². The molecule has 2 heteroatoms. The zero-order valence-corrected chi connectivity index (χ0v) is 7.44. The van der Waals surface area contributed by atoms with Crippen LogP contribution in [-0.2, 0) is 0 Å². The first-order chi connectivity index (χ1) is 4.09. The van der Waals surface area contributed by atoms with Crippen molar-refractivity contribution in [2.45, 2.75) is 19.9 Å². The summed E-state index contributed by atoms with van der Waals surface area (Å²) in [5.74, 6) is 1.38. The second kappa shape index (κ2) is 4.13. The van der Waals surface area contributed by atoms with Crippen LogP contribution >= 0.6 is 11.6 Å². The van der Waals surface area contributed by atoms with E-state index in [1.807, 2.05) is 0 Å². The third-order valence-electron chi connectivity index (χ3n) is 1.59. The smallest absolute Gasteiger partial charge is 0.0381 e. The van der Waals surface area contributed by atoms with Crippen molar-refractivity contribution in [1.29, 1.82) is 0 Å². The predicted octanol–water partition coefficient (Wildman–Crippen LogP) is 1.81. The molecule has 0 spiro atoms. The van der Waals surface area contributed by atoms with Gasteiger partial charge in [-0.2, -0.15) is 0 Å². The number of halogens is 1. The first-order valence-electron chi connectivity index (χ1n) is 3.32. The van der Waals surface area contributed by atoms with Crippen molar-refractivity contribution in [3.05, 3.63) is 0 Å². The summed E-state index contributed by atoms with van der Waals surface area (Å²) in [6, 6.07) is 0.520. The van der Waals surface area contributed by atoms with Gasteiger partial charge in [0, 0.05) is 11.9 Å². The molecule has 0 amide bonds. The lowest BCUT2D eigenvalue weighted by Gasteiger charge is -2.25. The molecule has 1 atom stereocenters. The predicted molar refractivity (Wildman–Crippen MR) is 43.0 cm³/mol. The molecule has 0 rings (SSSR count). The van der Waals surface area contributed by atoms with Gasteiger partial charge in [0.2, 0.25) is 0 Å².